The number of thioether (sulfide) groups is 1. The fourth-order valence-electron chi connectivity index (χ4n) is 3.57. The van der Waals surface area contributed by atoms with E-state index in [1.54, 1.807) is 12.0 Å². The number of nitrogens with zero attached hydrogens (tertiary/aromatic N) is 1. The van der Waals surface area contributed by atoms with Gasteiger partial charge >= 0.3 is 0 Å². The number of carbonyl (C=O) groups excluding carboxylic acids is 2. The first kappa shape index (κ1) is 22.0. The Balaban J connectivity index is 1.89. The molecule has 6 heteroatoms. The van der Waals surface area contributed by atoms with Crippen LogP contribution in [0.25, 0.3) is 5.57 Å². The minimum absolute atomic E-state index is 0.192. The summed E-state index contributed by atoms with van der Waals surface area (Å²) >= 11 is 1.86. The standard InChI is InChI=1S/C24H28N2O3S/c1-4-5-14-30-19-7-9-22-17(15-19)10-12-26(22)24(28)21(11-13-27)20-8-6-18(25-2)16-23(20)29-3/h6-9,11,13,15-16,25H,4-5,10,12,14H2,1-3H3/b21-11+. The van der Waals surface area contributed by atoms with Gasteiger partial charge in [-0.05, 0) is 60.6 Å². The van der Waals surface area contributed by atoms with Crippen molar-refractivity contribution in [2.24, 2.45) is 0 Å². The van der Waals surface area contributed by atoms with E-state index >= 15 is 0 Å². The maximum absolute atomic E-state index is 13.4. The zero-order valence-electron chi connectivity index (χ0n) is 17.7. The van der Waals surface area contributed by atoms with E-state index in [0.29, 0.717) is 29.7 Å². The molecule has 30 heavy (non-hydrogen) atoms. The largest absolute Gasteiger partial charge is 0.496 e. The summed E-state index contributed by atoms with van der Waals surface area (Å²) in [6.07, 6.45) is 5.17. The second kappa shape index (κ2) is 10.3. The number of nitrogens with one attached hydrogen (secondary N) is 1. The van der Waals surface area contributed by atoms with Crippen molar-refractivity contribution in [1.82, 2.24) is 0 Å². The maximum atomic E-state index is 13.4. The van der Waals surface area contributed by atoms with Crippen molar-refractivity contribution in [1.29, 1.82) is 0 Å². The van der Waals surface area contributed by atoms with Crippen LogP contribution in [0, 0.1) is 0 Å². The molecule has 1 aliphatic rings. The molecule has 1 heterocycles. The van der Waals surface area contributed by atoms with Crippen LogP contribution >= 0.6 is 11.8 Å². The van der Waals surface area contributed by atoms with Gasteiger partial charge in [-0.25, -0.2) is 0 Å². The lowest BCUT2D eigenvalue weighted by molar-refractivity contribution is -0.113. The van der Waals surface area contributed by atoms with E-state index in [-0.39, 0.29) is 5.91 Å². The molecule has 0 radical (unpaired) electrons. The van der Waals surface area contributed by atoms with Gasteiger partial charge in [0.2, 0.25) is 0 Å². The van der Waals surface area contributed by atoms with Gasteiger partial charge in [0, 0.05) is 41.5 Å². The van der Waals surface area contributed by atoms with Crippen LogP contribution in [0.4, 0.5) is 11.4 Å². The van der Waals surface area contributed by atoms with Gasteiger partial charge in [-0.3, -0.25) is 9.59 Å². The van der Waals surface area contributed by atoms with Crippen molar-refractivity contribution in [2.75, 3.05) is 36.7 Å². The number of rotatable bonds is 9. The molecule has 0 aromatic heterocycles. The van der Waals surface area contributed by atoms with E-state index in [1.807, 2.05) is 43.1 Å². The third-order valence-electron chi connectivity index (χ3n) is 5.20. The monoisotopic (exact) mass is 424 g/mol. The SMILES string of the molecule is CCCCSc1ccc2c(c1)CCN2C(=O)/C(=C/C=O)c1ccc(NC)cc1OC. The molecule has 0 aliphatic carbocycles. The zero-order valence-corrected chi connectivity index (χ0v) is 18.6. The smallest absolute Gasteiger partial charge is 0.259 e. The van der Waals surface area contributed by atoms with Crippen molar-refractivity contribution < 1.29 is 14.3 Å². The predicted molar refractivity (Wildman–Crippen MR) is 125 cm³/mol. The lowest BCUT2D eigenvalue weighted by Crippen LogP contribution is -2.30. The topological polar surface area (TPSA) is 58.6 Å². The molecule has 1 N–H and O–H groups in total. The van der Waals surface area contributed by atoms with Gasteiger partial charge in [0.05, 0.1) is 12.7 Å². The fraction of sp³-hybridized carbons (Fsp3) is 0.333. The zero-order chi connectivity index (χ0) is 21.5. The summed E-state index contributed by atoms with van der Waals surface area (Å²) in [7, 11) is 3.38. The summed E-state index contributed by atoms with van der Waals surface area (Å²) in [5.41, 5.74) is 3.90. The third kappa shape index (κ3) is 4.70. The Morgan fingerprint density at radius 1 is 1.27 bits per heavy atom. The molecule has 1 amide bonds. The fourth-order valence-corrected chi connectivity index (χ4v) is 4.63. The molecule has 5 nitrogen and oxygen atoms in total. The highest BCUT2D eigenvalue weighted by atomic mass is 32.2. The van der Waals surface area contributed by atoms with Crippen LogP contribution in [-0.2, 0) is 16.0 Å². The number of unbranched alkanes of at least 4 members (excludes halogenated alkanes) is 1. The number of methoxy groups -OCH3 is 1. The number of hydrogen-bond donors (Lipinski definition) is 1. The van der Waals surface area contributed by atoms with Gasteiger partial charge in [-0.1, -0.05) is 13.3 Å². The Morgan fingerprint density at radius 2 is 2.10 bits per heavy atom. The number of hydrogen-bond acceptors (Lipinski definition) is 5. The van der Waals surface area contributed by atoms with Gasteiger partial charge in [0.15, 0.2) is 0 Å². The first-order chi connectivity index (χ1) is 14.6. The summed E-state index contributed by atoms with van der Waals surface area (Å²) in [6, 6.07) is 11.8. The van der Waals surface area contributed by atoms with E-state index in [4.69, 9.17) is 4.74 Å². The third-order valence-corrected chi connectivity index (χ3v) is 6.28. The maximum Gasteiger partial charge on any atom is 0.259 e. The van der Waals surface area contributed by atoms with Crippen LogP contribution < -0.4 is 15.0 Å². The van der Waals surface area contributed by atoms with Crippen molar-refractivity contribution >= 4 is 40.9 Å². The van der Waals surface area contributed by atoms with Crippen LogP contribution in [0.2, 0.25) is 0 Å². The number of anilines is 2. The van der Waals surface area contributed by atoms with E-state index in [9.17, 15) is 9.59 Å². The molecule has 2 aromatic rings. The average Bonchev–Trinajstić information content (AvgIpc) is 3.20. The van der Waals surface area contributed by atoms with Gasteiger partial charge in [-0.15, -0.1) is 11.8 Å². The first-order valence-corrected chi connectivity index (χ1v) is 11.2. The molecular weight excluding hydrogens is 396 g/mol. The molecule has 3 rings (SSSR count). The molecule has 0 spiro atoms. The van der Waals surface area contributed by atoms with Crippen LogP contribution in [0.3, 0.4) is 0 Å². The minimum atomic E-state index is -0.192. The van der Waals surface area contributed by atoms with E-state index in [1.165, 1.54) is 29.4 Å². The summed E-state index contributed by atoms with van der Waals surface area (Å²) in [5, 5.41) is 3.05. The van der Waals surface area contributed by atoms with Gasteiger partial charge < -0.3 is 15.0 Å². The number of allylic oxidation sites excluding steroid dienone is 1. The quantitative estimate of drug-likeness (QED) is 0.271. The molecule has 0 saturated heterocycles. The Morgan fingerprint density at radius 3 is 2.80 bits per heavy atom. The molecule has 158 valence electrons. The van der Waals surface area contributed by atoms with Crippen LogP contribution in [-0.4, -0.2) is 38.6 Å². The van der Waals surface area contributed by atoms with Gasteiger partial charge in [0.25, 0.3) is 5.91 Å². The molecule has 2 aromatic carbocycles. The Labute approximate surface area is 182 Å². The first-order valence-electron chi connectivity index (χ1n) is 10.2. The molecule has 0 fully saturated rings. The summed E-state index contributed by atoms with van der Waals surface area (Å²) in [4.78, 5) is 27.8. The number of ether oxygens (including phenoxy) is 1. The van der Waals surface area contributed by atoms with Crippen molar-refractivity contribution in [2.45, 2.75) is 31.1 Å². The van der Waals surface area contributed by atoms with E-state index in [0.717, 1.165) is 23.5 Å². The summed E-state index contributed by atoms with van der Waals surface area (Å²) < 4.78 is 5.49. The summed E-state index contributed by atoms with van der Waals surface area (Å²) in [6.45, 7) is 2.79. The summed E-state index contributed by atoms with van der Waals surface area (Å²) in [5.74, 6) is 1.46. The number of amides is 1. The molecule has 0 bridgehead atoms. The molecule has 1 aliphatic heterocycles. The average molecular weight is 425 g/mol. The van der Waals surface area contributed by atoms with Gasteiger partial charge in [-0.2, -0.15) is 0 Å². The Hall–Kier alpha value is -2.73. The number of aldehydes is 1. The van der Waals surface area contributed by atoms with Crippen LogP contribution in [0.15, 0.2) is 47.4 Å². The van der Waals surface area contributed by atoms with Crippen molar-refractivity contribution in [3.63, 3.8) is 0 Å². The van der Waals surface area contributed by atoms with E-state index < -0.39 is 0 Å². The number of fused-ring (bicyclic) bond motifs is 1. The molecular formula is C24H28N2O3S. The van der Waals surface area contributed by atoms with Crippen molar-refractivity contribution in [3.05, 3.63) is 53.6 Å². The normalized spacial score (nSPS) is 13.2. The predicted octanol–water partition coefficient (Wildman–Crippen LogP) is 4.80. The Kier molecular flexibility index (Phi) is 7.57. The van der Waals surface area contributed by atoms with Gasteiger partial charge in [0.1, 0.15) is 12.0 Å². The second-order valence-electron chi connectivity index (χ2n) is 7.08. The van der Waals surface area contributed by atoms with E-state index in [2.05, 4.69) is 24.4 Å². The van der Waals surface area contributed by atoms with Crippen LogP contribution in [0.1, 0.15) is 30.9 Å². The molecule has 0 atom stereocenters. The molecule has 0 unspecified atom stereocenters. The highest BCUT2D eigenvalue weighted by Crippen LogP contribution is 2.36. The lowest BCUT2D eigenvalue weighted by atomic mass is 10.0. The minimum Gasteiger partial charge on any atom is -0.496 e. The number of carbonyl (C=O) groups is 2. The lowest BCUT2D eigenvalue weighted by Gasteiger charge is -2.21. The highest BCUT2D eigenvalue weighted by Gasteiger charge is 2.29. The van der Waals surface area contributed by atoms with Crippen LogP contribution in [0.5, 0.6) is 5.75 Å². The Bertz CT molecular complexity index is 955. The second-order valence-corrected chi connectivity index (χ2v) is 8.25. The van der Waals surface area contributed by atoms with Crippen molar-refractivity contribution in [3.8, 4) is 5.75 Å². The molecule has 0 saturated carbocycles. The number of benzene rings is 2. The highest BCUT2D eigenvalue weighted by molar-refractivity contribution is 7.99.